The lowest BCUT2D eigenvalue weighted by molar-refractivity contribution is -0.123. The molecule has 0 atom stereocenters. The van der Waals surface area contributed by atoms with Gasteiger partial charge in [0.15, 0.2) is 0 Å². The van der Waals surface area contributed by atoms with Crippen LogP contribution in [0.2, 0.25) is 0 Å². The van der Waals surface area contributed by atoms with Gasteiger partial charge in [-0.3, -0.25) is 9.59 Å². The van der Waals surface area contributed by atoms with E-state index in [0.717, 1.165) is 15.7 Å². The smallest absolute Gasteiger partial charge is 0.243 e. The number of aryl methyl sites for hydroxylation is 2. The highest BCUT2D eigenvalue weighted by Crippen LogP contribution is 2.21. The number of para-hydroxylation sites is 1. The molecule has 2 aromatic rings. The number of hydrogen-bond donors (Lipinski definition) is 2. The van der Waals surface area contributed by atoms with E-state index in [4.69, 9.17) is 0 Å². The molecule has 0 radical (unpaired) electrons. The van der Waals surface area contributed by atoms with Crippen LogP contribution in [-0.4, -0.2) is 31.4 Å². The number of benzene rings is 2. The molecular weight excluding hydrogens is 394 g/mol. The van der Waals surface area contributed by atoms with Gasteiger partial charge in [0.05, 0.1) is 18.8 Å². The molecule has 0 heterocycles. The second-order valence-electron chi connectivity index (χ2n) is 6.11. The number of rotatable bonds is 7. The zero-order valence-electron chi connectivity index (χ0n) is 15.3. The lowest BCUT2D eigenvalue weighted by atomic mass is 10.1. The monoisotopic (exact) mass is 417 g/mol. The molecule has 2 N–H and O–H groups in total. The molecule has 2 amide bonds. The van der Waals surface area contributed by atoms with E-state index >= 15 is 0 Å². The predicted molar refractivity (Wildman–Crippen MR) is 110 cm³/mol. The highest BCUT2D eigenvalue weighted by Gasteiger charge is 2.13. The van der Waals surface area contributed by atoms with E-state index in [1.807, 2.05) is 56.0 Å². The Hall–Kier alpha value is -2.34. The van der Waals surface area contributed by atoms with Crippen molar-refractivity contribution in [3.8, 4) is 0 Å². The molecule has 6 heteroatoms. The van der Waals surface area contributed by atoms with Crippen molar-refractivity contribution in [2.24, 2.45) is 0 Å². The summed E-state index contributed by atoms with van der Waals surface area (Å²) < 4.78 is 0.798. The van der Waals surface area contributed by atoms with Crippen molar-refractivity contribution in [3.05, 3.63) is 58.1 Å². The zero-order valence-corrected chi connectivity index (χ0v) is 16.9. The van der Waals surface area contributed by atoms with Crippen LogP contribution < -0.4 is 15.5 Å². The first kappa shape index (κ1) is 20.0. The van der Waals surface area contributed by atoms with E-state index < -0.39 is 0 Å². The molecule has 0 unspecified atom stereocenters. The van der Waals surface area contributed by atoms with Gasteiger partial charge in [-0.1, -0.05) is 29.8 Å². The predicted octanol–water partition coefficient (Wildman–Crippen LogP) is 3.65. The van der Waals surface area contributed by atoms with Gasteiger partial charge >= 0.3 is 0 Å². The van der Waals surface area contributed by atoms with Crippen LogP contribution in [0.15, 0.2) is 46.9 Å². The molecule has 2 aromatic carbocycles. The largest absolute Gasteiger partial charge is 0.362 e. The second-order valence-corrected chi connectivity index (χ2v) is 6.96. The Bertz CT molecular complexity index is 792. The lowest BCUT2D eigenvalue weighted by Gasteiger charge is -2.24. The number of anilines is 2. The van der Waals surface area contributed by atoms with Crippen molar-refractivity contribution in [3.63, 3.8) is 0 Å². The molecular formula is C20H24BrN3O2. The summed E-state index contributed by atoms with van der Waals surface area (Å²) >= 11 is 3.38. The van der Waals surface area contributed by atoms with Gasteiger partial charge < -0.3 is 15.5 Å². The van der Waals surface area contributed by atoms with Crippen molar-refractivity contribution in [1.29, 1.82) is 0 Å². The SMILES string of the molecule is CCN(CC(=O)NCC(=O)Nc1ccccc1Br)c1ccc(C)cc1C. The number of carbonyl (C=O) groups excluding carboxylic acids is 2. The fraction of sp³-hybridized carbons (Fsp3) is 0.300. The van der Waals surface area contributed by atoms with Crippen LogP contribution in [0.25, 0.3) is 0 Å². The Morgan fingerprint density at radius 3 is 2.46 bits per heavy atom. The minimum Gasteiger partial charge on any atom is -0.362 e. The summed E-state index contributed by atoms with van der Waals surface area (Å²) in [7, 11) is 0. The maximum atomic E-state index is 12.2. The average molecular weight is 418 g/mol. The topological polar surface area (TPSA) is 61.4 Å². The first-order valence-corrected chi connectivity index (χ1v) is 9.33. The van der Waals surface area contributed by atoms with E-state index in [-0.39, 0.29) is 24.9 Å². The van der Waals surface area contributed by atoms with Crippen LogP contribution in [0, 0.1) is 13.8 Å². The summed E-state index contributed by atoms with van der Waals surface area (Å²) in [5.41, 5.74) is 4.03. The summed E-state index contributed by atoms with van der Waals surface area (Å²) in [6, 6.07) is 13.5. The second kappa shape index (κ2) is 9.38. The summed E-state index contributed by atoms with van der Waals surface area (Å²) in [6.07, 6.45) is 0. The quantitative estimate of drug-likeness (QED) is 0.722. The van der Waals surface area contributed by atoms with E-state index in [0.29, 0.717) is 12.2 Å². The molecule has 26 heavy (non-hydrogen) atoms. The molecule has 5 nitrogen and oxygen atoms in total. The average Bonchev–Trinajstić information content (AvgIpc) is 2.60. The van der Waals surface area contributed by atoms with Gasteiger partial charge in [-0.15, -0.1) is 0 Å². The van der Waals surface area contributed by atoms with Gasteiger partial charge in [0.1, 0.15) is 0 Å². The molecule has 0 saturated carbocycles. The van der Waals surface area contributed by atoms with Crippen LogP contribution in [0.5, 0.6) is 0 Å². The molecule has 0 aliphatic rings. The fourth-order valence-corrected chi connectivity index (χ4v) is 3.08. The summed E-state index contributed by atoms with van der Waals surface area (Å²) in [4.78, 5) is 26.3. The molecule has 0 saturated heterocycles. The first-order chi connectivity index (χ1) is 12.4. The van der Waals surface area contributed by atoms with Crippen molar-refractivity contribution in [2.75, 3.05) is 29.9 Å². The molecule has 0 aliphatic heterocycles. The van der Waals surface area contributed by atoms with Crippen LogP contribution in [-0.2, 0) is 9.59 Å². The van der Waals surface area contributed by atoms with Crippen LogP contribution in [0.4, 0.5) is 11.4 Å². The number of halogens is 1. The Kier molecular flexibility index (Phi) is 7.21. The number of amides is 2. The minimum absolute atomic E-state index is 0.0649. The third kappa shape index (κ3) is 5.59. The Labute approximate surface area is 162 Å². The number of nitrogens with one attached hydrogen (secondary N) is 2. The fourth-order valence-electron chi connectivity index (χ4n) is 2.69. The van der Waals surface area contributed by atoms with Crippen LogP contribution in [0.1, 0.15) is 18.1 Å². The van der Waals surface area contributed by atoms with Gasteiger partial charge in [0.2, 0.25) is 11.8 Å². The standard InChI is InChI=1S/C20H24BrN3O2/c1-4-24(18-10-9-14(2)11-15(18)3)13-20(26)22-12-19(25)23-17-8-6-5-7-16(17)21/h5-11H,4,12-13H2,1-3H3,(H,22,26)(H,23,25). The highest BCUT2D eigenvalue weighted by atomic mass is 79.9. The highest BCUT2D eigenvalue weighted by molar-refractivity contribution is 9.10. The zero-order chi connectivity index (χ0) is 19.1. The van der Waals surface area contributed by atoms with Gasteiger partial charge in [-0.2, -0.15) is 0 Å². The number of nitrogens with zero attached hydrogens (tertiary/aromatic N) is 1. The third-order valence-electron chi connectivity index (χ3n) is 4.00. The van der Waals surface area contributed by atoms with Crippen molar-refractivity contribution in [2.45, 2.75) is 20.8 Å². The molecule has 0 spiro atoms. The molecule has 0 fully saturated rings. The molecule has 138 valence electrons. The van der Waals surface area contributed by atoms with Crippen molar-refractivity contribution >= 4 is 39.1 Å². The molecule has 2 rings (SSSR count). The number of likely N-dealkylation sites (N-methyl/N-ethyl adjacent to an activating group) is 1. The van der Waals surface area contributed by atoms with Crippen LogP contribution in [0.3, 0.4) is 0 Å². The molecule has 0 bridgehead atoms. The normalized spacial score (nSPS) is 10.3. The van der Waals surface area contributed by atoms with Crippen molar-refractivity contribution < 1.29 is 9.59 Å². The number of carbonyl (C=O) groups is 2. The first-order valence-electron chi connectivity index (χ1n) is 8.54. The van der Waals surface area contributed by atoms with Gasteiger partial charge in [-0.05, 0) is 60.5 Å². The number of hydrogen-bond acceptors (Lipinski definition) is 3. The lowest BCUT2D eigenvalue weighted by Crippen LogP contribution is -2.40. The maximum absolute atomic E-state index is 12.2. The van der Waals surface area contributed by atoms with Gasteiger partial charge in [0, 0.05) is 16.7 Å². The minimum atomic E-state index is -0.264. The van der Waals surface area contributed by atoms with Gasteiger partial charge in [-0.25, -0.2) is 0 Å². The van der Waals surface area contributed by atoms with E-state index in [1.165, 1.54) is 5.56 Å². The Balaban J connectivity index is 1.88. The molecule has 0 aromatic heterocycles. The van der Waals surface area contributed by atoms with Crippen LogP contribution >= 0.6 is 15.9 Å². The molecule has 0 aliphatic carbocycles. The van der Waals surface area contributed by atoms with Crippen molar-refractivity contribution in [1.82, 2.24) is 5.32 Å². The third-order valence-corrected chi connectivity index (χ3v) is 4.69. The van der Waals surface area contributed by atoms with E-state index in [2.05, 4.69) is 32.6 Å². The Morgan fingerprint density at radius 2 is 1.81 bits per heavy atom. The summed E-state index contributed by atoms with van der Waals surface area (Å²) in [5, 5.41) is 5.45. The van der Waals surface area contributed by atoms with E-state index in [1.54, 1.807) is 6.07 Å². The van der Waals surface area contributed by atoms with Gasteiger partial charge in [0.25, 0.3) is 0 Å². The van der Waals surface area contributed by atoms with E-state index in [9.17, 15) is 9.59 Å². The Morgan fingerprint density at radius 1 is 1.08 bits per heavy atom. The summed E-state index contributed by atoms with van der Waals surface area (Å²) in [6.45, 7) is 6.94. The summed E-state index contributed by atoms with van der Waals surface area (Å²) in [5.74, 6) is -0.450. The maximum Gasteiger partial charge on any atom is 0.243 e.